The maximum absolute atomic E-state index is 13.4. The van der Waals surface area contributed by atoms with Crippen molar-refractivity contribution < 1.29 is 4.79 Å². The van der Waals surface area contributed by atoms with Crippen LogP contribution in [0.15, 0.2) is 29.3 Å². The highest BCUT2D eigenvalue weighted by Gasteiger charge is 2.60. The quantitative estimate of drug-likeness (QED) is 0.800. The van der Waals surface area contributed by atoms with Gasteiger partial charge < -0.3 is 0 Å². The molecule has 0 aromatic heterocycles. The van der Waals surface area contributed by atoms with Gasteiger partial charge in [0.2, 0.25) is 0 Å². The lowest BCUT2D eigenvalue weighted by molar-refractivity contribution is -0.129. The van der Waals surface area contributed by atoms with Gasteiger partial charge in [-0.05, 0) is 81.3 Å². The highest BCUT2D eigenvalue weighted by molar-refractivity contribution is 6.14. The third kappa shape index (κ3) is 2.08. The molecule has 0 amide bonds. The van der Waals surface area contributed by atoms with Gasteiger partial charge in [-0.3, -0.25) is 9.79 Å². The molecule has 24 heavy (non-hydrogen) atoms. The number of ketones is 1. The summed E-state index contributed by atoms with van der Waals surface area (Å²) in [6, 6.07) is 8.55. The number of hydrogen-bond donors (Lipinski definition) is 0. The molecule has 0 N–H and O–H groups in total. The number of carbonyl (C=O) groups is 1. The second-order valence-electron chi connectivity index (χ2n) is 9.51. The summed E-state index contributed by atoms with van der Waals surface area (Å²) >= 11 is 0. The van der Waals surface area contributed by atoms with Crippen molar-refractivity contribution in [2.45, 2.75) is 64.3 Å². The molecule has 0 saturated heterocycles. The number of benzene rings is 1. The van der Waals surface area contributed by atoms with Gasteiger partial charge >= 0.3 is 0 Å². The summed E-state index contributed by atoms with van der Waals surface area (Å²) in [5, 5.41) is 0. The molecule has 6 rings (SSSR count). The van der Waals surface area contributed by atoms with Crippen LogP contribution >= 0.6 is 0 Å². The maximum Gasteiger partial charge on any atom is 0.145 e. The van der Waals surface area contributed by atoms with Crippen LogP contribution in [0, 0.1) is 23.2 Å². The van der Waals surface area contributed by atoms with Gasteiger partial charge in [0.15, 0.2) is 0 Å². The van der Waals surface area contributed by atoms with Gasteiger partial charge in [0.25, 0.3) is 0 Å². The van der Waals surface area contributed by atoms with E-state index < -0.39 is 0 Å². The van der Waals surface area contributed by atoms with Crippen LogP contribution in [-0.2, 0) is 11.2 Å². The molecule has 1 aromatic rings. The van der Waals surface area contributed by atoms with E-state index in [0.29, 0.717) is 18.1 Å². The maximum atomic E-state index is 13.4. The van der Waals surface area contributed by atoms with Crippen LogP contribution in [-0.4, -0.2) is 17.0 Å². The van der Waals surface area contributed by atoms with Crippen molar-refractivity contribution in [3.05, 3.63) is 35.4 Å². The Morgan fingerprint density at radius 3 is 2.58 bits per heavy atom. The molecule has 1 heterocycles. The minimum absolute atomic E-state index is 0.0205. The fraction of sp³-hybridized carbons (Fsp3) is 0.636. The lowest BCUT2D eigenvalue weighted by atomic mass is 9.71. The minimum Gasteiger partial charge on any atom is -0.299 e. The molecule has 4 saturated carbocycles. The molecule has 4 fully saturated rings. The van der Waals surface area contributed by atoms with E-state index in [1.807, 2.05) is 0 Å². The molecule has 2 nitrogen and oxygen atoms in total. The summed E-state index contributed by atoms with van der Waals surface area (Å²) in [7, 11) is 0. The molecule has 2 unspecified atom stereocenters. The van der Waals surface area contributed by atoms with Gasteiger partial charge in [-0.2, -0.15) is 0 Å². The van der Waals surface area contributed by atoms with Crippen LogP contribution < -0.4 is 0 Å². The summed E-state index contributed by atoms with van der Waals surface area (Å²) in [5.41, 5.74) is 3.56. The van der Waals surface area contributed by atoms with Gasteiger partial charge in [0.05, 0.1) is 11.3 Å². The highest BCUT2D eigenvalue weighted by atomic mass is 16.1. The topological polar surface area (TPSA) is 29.4 Å². The lowest BCUT2D eigenvalue weighted by Crippen LogP contribution is -2.36. The van der Waals surface area contributed by atoms with Crippen molar-refractivity contribution in [1.82, 2.24) is 0 Å². The first-order valence-electron chi connectivity index (χ1n) is 9.65. The zero-order chi connectivity index (χ0) is 16.5. The molecule has 2 atom stereocenters. The van der Waals surface area contributed by atoms with Crippen LogP contribution in [0.1, 0.15) is 63.5 Å². The Hall–Kier alpha value is -1.44. The van der Waals surface area contributed by atoms with Gasteiger partial charge in [-0.15, -0.1) is 0 Å². The third-order valence-electron chi connectivity index (χ3n) is 7.26. The van der Waals surface area contributed by atoms with E-state index in [1.165, 1.54) is 43.2 Å². The first-order valence-corrected chi connectivity index (χ1v) is 9.65. The van der Waals surface area contributed by atoms with Crippen molar-refractivity contribution in [1.29, 1.82) is 0 Å². The Morgan fingerprint density at radius 2 is 1.83 bits per heavy atom. The molecular weight excluding hydrogens is 294 g/mol. The average molecular weight is 321 g/mol. The standard InChI is InChI=1S/C22H27NO/c1-21(2)13-16-5-3-4-6-18(16)19(23-21)10-20(24)22-11-14-7-15(12-22)9-17(22)8-14/h3-6,14-15,17H,7-13H2,1-2H3. The van der Waals surface area contributed by atoms with E-state index >= 15 is 0 Å². The van der Waals surface area contributed by atoms with Crippen LogP contribution in [0.2, 0.25) is 0 Å². The Balaban J connectivity index is 1.47. The predicted octanol–water partition coefficient (Wildman–Crippen LogP) is 4.60. The molecule has 4 aliphatic carbocycles. The summed E-state index contributed by atoms with van der Waals surface area (Å²) < 4.78 is 0. The van der Waals surface area contributed by atoms with Gasteiger partial charge in [-0.25, -0.2) is 0 Å². The molecule has 2 heteroatoms. The number of Topliss-reactive ketones (excluding diaryl/α,β-unsaturated/α-hetero) is 1. The molecule has 1 aromatic carbocycles. The van der Waals surface area contributed by atoms with Gasteiger partial charge in [-0.1, -0.05) is 24.3 Å². The summed E-state index contributed by atoms with van der Waals surface area (Å²) in [6.45, 7) is 4.38. The van der Waals surface area contributed by atoms with Gasteiger partial charge in [0.1, 0.15) is 5.78 Å². The number of carbonyl (C=O) groups excluding carboxylic acids is 1. The number of rotatable bonds is 3. The van der Waals surface area contributed by atoms with Crippen molar-refractivity contribution in [2.75, 3.05) is 0 Å². The lowest BCUT2D eigenvalue weighted by Gasteiger charge is -2.33. The zero-order valence-corrected chi connectivity index (χ0v) is 14.8. The highest BCUT2D eigenvalue weighted by Crippen LogP contribution is 2.66. The van der Waals surface area contributed by atoms with Crippen molar-refractivity contribution in [3.8, 4) is 0 Å². The number of fused-ring (bicyclic) bond motifs is 1. The fourth-order valence-electron chi connectivity index (χ4n) is 6.60. The van der Waals surface area contributed by atoms with E-state index in [1.54, 1.807) is 0 Å². The van der Waals surface area contributed by atoms with E-state index in [0.717, 1.165) is 24.0 Å². The second-order valence-corrected chi connectivity index (χ2v) is 9.51. The summed E-state index contributed by atoms with van der Waals surface area (Å²) in [6.07, 6.45) is 7.89. The summed E-state index contributed by atoms with van der Waals surface area (Å²) in [4.78, 5) is 18.4. The van der Waals surface area contributed by atoms with Crippen LogP contribution in [0.4, 0.5) is 0 Å². The number of aliphatic imine (C=N–C) groups is 1. The Bertz CT molecular complexity index is 730. The minimum atomic E-state index is -0.0888. The summed E-state index contributed by atoms with van der Waals surface area (Å²) in [5.74, 6) is 2.86. The molecule has 0 radical (unpaired) electrons. The van der Waals surface area contributed by atoms with E-state index in [4.69, 9.17) is 4.99 Å². The van der Waals surface area contributed by atoms with Crippen LogP contribution in [0.3, 0.4) is 0 Å². The fourth-order valence-corrected chi connectivity index (χ4v) is 6.60. The second kappa shape index (κ2) is 4.80. The van der Waals surface area contributed by atoms with Crippen molar-refractivity contribution in [3.63, 3.8) is 0 Å². The Morgan fingerprint density at radius 1 is 1.12 bits per heavy atom. The predicted molar refractivity (Wildman–Crippen MR) is 96.4 cm³/mol. The molecule has 5 aliphatic rings. The van der Waals surface area contributed by atoms with E-state index in [9.17, 15) is 4.79 Å². The molecular formula is C22H27NO. The van der Waals surface area contributed by atoms with Crippen LogP contribution in [0.25, 0.3) is 0 Å². The Kier molecular flexibility index (Phi) is 2.98. The zero-order valence-electron chi connectivity index (χ0n) is 14.8. The van der Waals surface area contributed by atoms with Gasteiger partial charge in [0, 0.05) is 11.8 Å². The molecule has 0 spiro atoms. The largest absolute Gasteiger partial charge is 0.299 e. The first-order chi connectivity index (χ1) is 11.5. The number of hydrogen-bond acceptors (Lipinski definition) is 2. The first kappa shape index (κ1) is 14.9. The SMILES string of the molecule is CC1(C)Cc2ccccc2C(CC(=O)C23CC4CC(CC2C4)C3)=N1. The van der Waals surface area contributed by atoms with Crippen LogP contribution in [0.5, 0.6) is 0 Å². The van der Waals surface area contributed by atoms with E-state index in [-0.39, 0.29) is 11.0 Å². The normalized spacial score (nSPS) is 38.1. The molecule has 4 bridgehead atoms. The third-order valence-corrected chi connectivity index (χ3v) is 7.26. The molecule has 126 valence electrons. The average Bonchev–Trinajstić information content (AvgIpc) is 2.92. The molecule has 1 aliphatic heterocycles. The van der Waals surface area contributed by atoms with Crippen molar-refractivity contribution in [2.24, 2.45) is 28.2 Å². The van der Waals surface area contributed by atoms with E-state index in [2.05, 4.69) is 38.1 Å². The smallest absolute Gasteiger partial charge is 0.145 e. The van der Waals surface area contributed by atoms with Crippen molar-refractivity contribution >= 4 is 11.5 Å². The monoisotopic (exact) mass is 321 g/mol. The Labute approximate surface area is 144 Å². The number of nitrogens with zero attached hydrogens (tertiary/aromatic N) is 1.